The van der Waals surface area contributed by atoms with Gasteiger partial charge in [0.15, 0.2) is 0 Å². The smallest absolute Gasteiger partial charge is 0.243 e. The van der Waals surface area contributed by atoms with Gasteiger partial charge in [-0.25, -0.2) is 0 Å². The summed E-state index contributed by atoms with van der Waals surface area (Å²) in [4.78, 5) is 12.3. The van der Waals surface area contributed by atoms with Crippen LogP contribution in [0.2, 0.25) is 0 Å². The second-order valence-corrected chi connectivity index (χ2v) is 7.01. The highest BCUT2D eigenvalue weighted by Gasteiger charge is 2.21. The van der Waals surface area contributed by atoms with Crippen LogP contribution in [-0.2, 0) is 4.79 Å². The molecule has 1 aromatic heterocycles. The normalized spacial score (nSPS) is 11.8. The van der Waals surface area contributed by atoms with Crippen LogP contribution in [0.15, 0.2) is 35.0 Å². The van der Waals surface area contributed by atoms with Crippen LogP contribution in [0, 0.1) is 24.2 Å². The van der Waals surface area contributed by atoms with Gasteiger partial charge in [-0.3, -0.25) is 4.79 Å². The SMILES string of the molecule is Cc1ccc(-c2cscc2N[C@@H](CC(C)C)C(=O)NCC#N)cc1. The molecule has 126 valence electrons. The lowest BCUT2D eigenvalue weighted by Gasteiger charge is -2.21. The van der Waals surface area contributed by atoms with E-state index in [4.69, 9.17) is 5.26 Å². The van der Waals surface area contributed by atoms with Crippen molar-refractivity contribution in [1.82, 2.24) is 5.32 Å². The maximum Gasteiger partial charge on any atom is 0.243 e. The average Bonchev–Trinajstić information content (AvgIpc) is 3.00. The van der Waals surface area contributed by atoms with E-state index in [1.165, 1.54) is 5.56 Å². The zero-order chi connectivity index (χ0) is 17.5. The summed E-state index contributed by atoms with van der Waals surface area (Å²) in [7, 11) is 0. The first-order chi connectivity index (χ1) is 11.5. The predicted octanol–water partition coefficient (Wildman–Crippen LogP) is 4.19. The molecule has 5 heteroatoms. The molecule has 0 saturated carbocycles. The number of nitrogens with one attached hydrogen (secondary N) is 2. The molecule has 0 unspecified atom stereocenters. The summed E-state index contributed by atoms with van der Waals surface area (Å²) in [5, 5.41) is 18.8. The predicted molar refractivity (Wildman–Crippen MR) is 100.0 cm³/mol. The highest BCUT2D eigenvalue weighted by Crippen LogP contribution is 2.32. The topological polar surface area (TPSA) is 64.9 Å². The average molecular weight is 341 g/mol. The number of anilines is 1. The first kappa shape index (κ1) is 18.0. The summed E-state index contributed by atoms with van der Waals surface area (Å²) in [5.74, 6) is 0.239. The van der Waals surface area contributed by atoms with Crippen molar-refractivity contribution < 1.29 is 4.79 Å². The number of nitrogens with zero attached hydrogens (tertiary/aromatic N) is 1. The lowest BCUT2D eigenvalue weighted by Crippen LogP contribution is -2.40. The summed E-state index contributed by atoms with van der Waals surface area (Å²) >= 11 is 1.61. The number of benzene rings is 1. The Bertz CT molecular complexity index is 713. The molecule has 2 N–H and O–H groups in total. The van der Waals surface area contributed by atoms with Crippen molar-refractivity contribution in [2.75, 3.05) is 11.9 Å². The minimum absolute atomic E-state index is 0.0313. The van der Waals surface area contributed by atoms with E-state index in [0.29, 0.717) is 12.3 Å². The van der Waals surface area contributed by atoms with Crippen LogP contribution in [0.4, 0.5) is 5.69 Å². The van der Waals surface area contributed by atoms with Gasteiger partial charge in [0, 0.05) is 16.3 Å². The van der Waals surface area contributed by atoms with Gasteiger partial charge in [0.2, 0.25) is 5.91 Å². The summed E-state index contributed by atoms with van der Waals surface area (Å²) in [6.45, 7) is 6.26. The highest BCUT2D eigenvalue weighted by atomic mass is 32.1. The number of hydrogen-bond acceptors (Lipinski definition) is 4. The van der Waals surface area contributed by atoms with Crippen LogP contribution >= 0.6 is 11.3 Å². The molecule has 1 amide bonds. The van der Waals surface area contributed by atoms with Crippen molar-refractivity contribution in [3.63, 3.8) is 0 Å². The summed E-state index contributed by atoms with van der Waals surface area (Å²) < 4.78 is 0. The van der Waals surface area contributed by atoms with E-state index in [2.05, 4.69) is 61.1 Å². The Morgan fingerprint density at radius 2 is 1.96 bits per heavy atom. The van der Waals surface area contributed by atoms with Crippen molar-refractivity contribution >= 4 is 22.9 Å². The molecule has 1 aromatic carbocycles. The van der Waals surface area contributed by atoms with E-state index in [-0.39, 0.29) is 18.5 Å². The molecule has 0 saturated heterocycles. The van der Waals surface area contributed by atoms with Gasteiger partial charge in [-0.15, -0.1) is 11.3 Å². The minimum atomic E-state index is -0.350. The van der Waals surface area contributed by atoms with E-state index < -0.39 is 0 Å². The van der Waals surface area contributed by atoms with Crippen LogP contribution in [0.1, 0.15) is 25.8 Å². The fourth-order valence-electron chi connectivity index (χ4n) is 2.51. The van der Waals surface area contributed by atoms with Crippen LogP contribution in [0.25, 0.3) is 11.1 Å². The fraction of sp³-hybridized carbons (Fsp3) is 0.368. The molecule has 1 heterocycles. The van der Waals surface area contributed by atoms with Gasteiger partial charge in [-0.05, 0) is 24.8 Å². The zero-order valence-corrected chi connectivity index (χ0v) is 15.1. The molecule has 0 aliphatic rings. The fourth-order valence-corrected chi connectivity index (χ4v) is 3.30. The van der Waals surface area contributed by atoms with E-state index in [0.717, 1.165) is 16.8 Å². The molecule has 2 aromatic rings. The molecule has 0 aliphatic carbocycles. The third-order valence-electron chi connectivity index (χ3n) is 3.72. The number of amides is 1. The molecule has 4 nitrogen and oxygen atoms in total. The monoisotopic (exact) mass is 341 g/mol. The van der Waals surface area contributed by atoms with Crippen molar-refractivity contribution in [3.8, 4) is 17.2 Å². The molecule has 24 heavy (non-hydrogen) atoms. The quantitative estimate of drug-likeness (QED) is 0.742. The minimum Gasteiger partial charge on any atom is -0.372 e. The Morgan fingerprint density at radius 3 is 2.58 bits per heavy atom. The molecule has 2 rings (SSSR count). The number of thiophene rings is 1. The highest BCUT2D eigenvalue weighted by molar-refractivity contribution is 7.08. The van der Waals surface area contributed by atoms with Gasteiger partial charge in [-0.1, -0.05) is 43.7 Å². The van der Waals surface area contributed by atoms with Gasteiger partial charge >= 0.3 is 0 Å². The lowest BCUT2D eigenvalue weighted by atomic mass is 10.0. The van der Waals surface area contributed by atoms with Gasteiger partial charge in [0.25, 0.3) is 0 Å². The van der Waals surface area contributed by atoms with E-state index in [1.807, 2.05) is 11.4 Å². The Hall–Kier alpha value is -2.32. The second-order valence-electron chi connectivity index (χ2n) is 6.27. The van der Waals surface area contributed by atoms with Crippen molar-refractivity contribution in [3.05, 3.63) is 40.6 Å². The Labute approximate surface area is 147 Å². The van der Waals surface area contributed by atoms with Gasteiger partial charge in [0.1, 0.15) is 12.6 Å². The Balaban J connectivity index is 2.20. The maximum atomic E-state index is 12.3. The van der Waals surface area contributed by atoms with Gasteiger partial charge < -0.3 is 10.6 Å². The van der Waals surface area contributed by atoms with Gasteiger partial charge in [0.05, 0.1) is 11.8 Å². The third kappa shape index (κ3) is 4.84. The largest absolute Gasteiger partial charge is 0.372 e. The van der Waals surface area contributed by atoms with Crippen molar-refractivity contribution in [2.24, 2.45) is 5.92 Å². The third-order valence-corrected chi connectivity index (χ3v) is 4.46. The van der Waals surface area contributed by atoms with Crippen LogP contribution in [0.5, 0.6) is 0 Å². The molecule has 0 bridgehead atoms. The Morgan fingerprint density at radius 1 is 1.25 bits per heavy atom. The summed E-state index contributed by atoms with van der Waals surface area (Å²) in [6, 6.07) is 9.96. The molecule has 0 spiro atoms. The molecule has 0 aliphatic heterocycles. The van der Waals surface area contributed by atoms with Crippen molar-refractivity contribution in [2.45, 2.75) is 33.2 Å². The van der Waals surface area contributed by atoms with Crippen LogP contribution in [0.3, 0.4) is 0 Å². The van der Waals surface area contributed by atoms with E-state index >= 15 is 0 Å². The zero-order valence-electron chi connectivity index (χ0n) is 14.3. The second kappa shape index (κ2) is 8.51. The summed E-state index contributed by atoms with van der Waals surface area (Å²) in [5.41, 5.74) is 4.41. The standard InChI is InChI=1S/C19H23N3OS/c1-13(2)10-17(19(23)21-9-8-20)22-18-12-24-11-16(18)15-6-4-14(3)5-7-15/h4-7,11-13,17,22H,9-10H2,1-3H3,(H,21,23)/t17-/m0/s1. The number of aryl methyl sites for hydroxylation is 1. The molecular weight excluding hydrogens is 318 g/mol. The van der Waals surface area contributed by atoms with Crippen LogP contribution < -0.4 is 10.6 Å². The van der Waals surface area contributed by atoms with Crippen molar-refractivity contribution in [1.29, 1.82) is 5.26 Å². The van der Waals surface area contributed by atoms with Gasteiger partial charge in [-0.2, -0.15) is 5.26 Å². The number of carbonyl (C=O) groups excluding carboxylic acids is 1. The first-order valence-electron chi connectivity index (χ1n) is 8.05. The molecular formula is C19H23N3OS. The Kier molecular flexibility index (Phi) is 6.39. The lowest BCUT2D eigenvalue weighted by molar-refractivity contribution is -0.121. The molecule has 0 radical (unpaired) electrons. The van der Waals surface area contributed by atoms with E-state index in [1.54, 1.807) is 11.3 Å². The van der Waals surface area contributed by atoms with E-state index in [9.17, 15) is 4.79 Å². The van der Waals surface area contributed by atoms with Crippen LogP contribution in [-0.4, -0.2) is 18.5 Å². The number of carbonyl (C=O) groups is 1. The number of hydrogen-bond donors (Lipinski definition) is 2. The molecule has 0 fully saturated rings. The number of nitriles is 1. The summed E-state index contributed by atoms with van der Waals surface area (Å²) in [6.07, 6.45) is 0.709. The molecule has 1 atom stereocenters. The maximum absolute atomic E-state index is 12.3. The first-order valence-corrected chi connectivity index (χ1v) is 9.00. The number of rotatable bonds is 7.